The van der Waals surface area contributed by atoms with Gasteiger partial charge < -0.3 is 5.11 Å². The van der Waals surface area contributed by atoms with Crippen LogP contribution in [0, 0.1) is 0 Å². The zero-order valence-corrected chi connectivity index (χ0v) is 15.8. The molecule has 0 bridgehead atoms. The van der Waals surface area contributed by atoms with Crippen LogP contribution >= 0.6 is 0 Å². The van der Waals surface area contributed by atoms with Crippen LogP contribution in [0.2, 0.25) is 0 Å². The SMILES string of the molecule is O=C(c1ccc(C=C(c2ccccc2)c2ccccc2)cc1)c1ccccc1O. The largest absolute Gasteiger partial charge is 0.507 e. The Morgan fingerprint density at radius 1 is 0.586 bits per heavy atom. The van der Waals surface area contributed by atoms with Crippen molar-refractivity contribution < 1.29 is 9.90 Å². The van der Waals surface area contributed by atoms with E-state index in [1.165, 1.54) is 6.07 Å². The van der Waals surface area contributed by atoms with Gasteiger partial charge in [-0.05, 0) is 40.5 Å². The van der Waals surface area contributed by atoms with E-state index in [0.29, 0.717) is 11.1 Å². The molecular weight excluding hydrogens is 356 g/mol. The van der Waals surface area contributed by atoms with Gasteiger partial charge in [-0.25, -0.2) is 0 Å². The second-order valence-corrected chi connectivity index (χ2v) is 6.76. The Morgan fingerprint density at radius 2 is 1.10 bits per heavy atom. The molecule has 0 saturated heterocycles. The van der Waals surface area contributed by atoms with E-state index >= 15 is 0 Å². The van der Waals surface area contributed by atoms with Crippen molar-refractivity contribution in [3.8, 4) is 5.75 Å². The molecule has 1 N–H and O–H groups in total. The topological polar surface area (TPSA) is 37.3 Å². The van der Waals surface area contributed by atoms with Gasteiger partial charge in [0.1, 0.15) is 5.75 Å². The van der Waals surface area contributed by atoms with E-state index in [1.807, 2.05) is 48.5 Å². The Bertz CT molecular complexity index is 1100. The van der Waals surface area contributed by atoms with Gasteiger partial charge in [0.25, 0.3) is 0 Å². The van der Waals surface area contributed by atoms with Crippen molar-refractivity contribution in [2.24, 2.45) is 0 Å². The molecule has 0 aliphatic carbocycles. The van der Waals surface area contributed by atoms with E-state index in [1.54, 1.807) is 30.3 Å². The van der Waals surface area contributed by atoms with Gasteiger partial charge >= 0.3 is 0 Å². The molecule has 4 aromatic carbocycles. The first-order valence-electron chi connectivity index (χ1n) is 9.48. The van der Waals surface area contributed by atoms with Gasteiger partial charge in [0, 0.05) is 5.56 Å². The first-order valence-corrected chi connectivity index (χ1v) is 9.48. The fourth-order valence-corrected chi connectivity index (χ4v) is 3.29. The summed E-state index contributed by atoms with van der Waals surface area (Å²) in [4.78, 5) is 12.7. The Balaban J connectivity index is 1.69. The Morgan fingerprint density at radius 3 is 1.66 bits per heavy atom. The van der Waals surface area contributed by atoms with Crippen LogP contribution in [-0.4, -0.2) is 10.9 Å². The van der Waals surface area contributed by atoms with Crippen LogP contribution in [0.15, 0.2) is 109 Å². The minimum Gasteiger partial charge on any atom is -0.507 e. The van der Waals surface area contributed by atoms with Crippen LogP contribution in [0.3, 0.4) is 0 Å². The molecule has 140 valence electrons. The molecule has 0 heterocycles. The highest BCUT2D eigenvalue weighted by Gasteiger charge is 2.12. The molecule has 29 heavy (non-hydrogen) atoms. The maximum absolute atomic E-state index is 12.7. The number of carbonyl (C=O) groups is 1. The molecule has 0 amide bonds. The minimum absolute atomic E-state index is 0.00286. The summed E-state index contributed by atoms with van der Waals surface area (Å²) in [6, 6.07) is 34.6. The third-order valence-corrected chi connectivity index (χ3v) is 4.80. The molecule has 2 heteroatoms. The average molecular weight is 376 g/mol. The number of aromatic hydroxyl groups is 1. The van der Waals surface area contributed by atoms with Gasteiger partial charge in [0.15, 0.2) is 5.78 Å². The zero-order chi connectivity index (χ0) is 20.1. The summed E-state index contributed by atoms with van der Waals surface area (Å²) in [6.45, 7) is 0. The molecule has 0 saturated carbocycles. The van der Waals surface area contributed by atoms with Gasteiger partial charge in [-0.15, -0.1) is 0 Å². The number of carbonyl (C=O) groups excluding carboxylic acids is 1. The number of hydrogen-bond donors (Lipinski definition) is 1. The minimum atomic E-state index is -0.190. The number of hydrogen-bond acceptors (Lipinski definition) is 2. The standard InChI is InChI=1S/C27H20O2/c28-26-14-8-7-13-24(26)27(29)23-17-15-20(16-18-23)19-25(21-9-3-1-4-10-21)22-11-5-2-6-12-22/h1-19,28H. The number of ketones is 1. The number of rotatable bonds is 5. The maximum Gasteiger partial charge on any atom is 0.196 e. The summed E-state index contributed by atoms with van der Waals surface area (Å²) in [5.74, 6) is -0.193. The lowest BCUT2D eigenvalue weighted by Gasteiger charge is -2.09. The average Bonchev–Trinajstić information content (AvgIpc) is 2.79. The van der Waals surface area contributed by atoms with Crippen LogP contribution < -0.4 is 0 Å². The molecule has 0 aliphatic heterocycles. The van der Waals surface area contributed by atoms with Crippen molar-refractivity contribution in [2.45, 2.75) is 0 Å². The summed E-state index contributed by atoms with van der Waals surface area (Å²) in [5.41, 5.74) is 5.24. The molecule has 4 rings (SSSR count). The van der Waals surface area contributed by atoms with E-state index in [9.17, 15) is 9.90 Å². The van der Waals surface area contributed by atoms with E-state index in [0.717, 1.165) is 22.3 Å². The predicted molar refractivity (Wildman–Crippen MR) is 118 cm³/mol. The van der Waals surface area contributed by atoms with Crippen molar-refractivity contribution in [3.63, 3.8) is 0 Å². The smallest absolute Gasteiger partial charge is 0.196 e. The lowest BCUT2D eigenvalue weighted by atomic mass is 9.95. The summed E-state index contributed by atoms with van der Waals surface area (Å²) in [7, 11) is 0. The molecule has 2 nitrogen and oxygen atoms in total. The fourth-order valence-electron chi connectivity index (χ4n) is 3.29. The normalized spacial score (nSPS) is 10.3. The van der Waals surface area contributed by atoms with Crippen LogP contribution in [0.1, 0.15) is 32.6 Å². The quantitative estimate of drug-likeness (QED) is 0.332. The monoisotopic (exact) mass is 376 g/mol. The summed E-state index contributed by atoms with van der Waals surface area (Å²) < 4.78 is 0. The van der Waals surface area contributed by atoms with Crippen molar-refractivity contribution in [1.82, 2.24) is 0 Å². The third-order valence-electron chi connectivity index (χ3n) is 4.80. The molecule has 0 unspecified atom stereocenters. The zero-order valence-electron chi connectivity index (χ0n) is 15.8. The first-order chi connectivity index (χ1) is 14.2. The molecule has 0 fully saturated rings. The summed E-state index contributed by atoms with van der Waals surface area (Å²) >= 11 is 0. The molecule has 0 aromatic heterocycles. The van der Waals surface area contributed by atoms with Gasteiger partial charge in [0.05, 0.1) is 5.56 Å². The van der Waals surface area contributed by atoms with Crippen LogP contribution in [0.5, 0.6) is 5.75 Å². The number of benzene rings is 4. The summed E-state index contributed by atoms with van der Waals surface area (Å²) in [6.07, 6.45) is 2.12. The van der Waals surface area contributed by atoms with E-state index in [-0.39, 0.29) is 11.5 Å². The van der Waals surface area contributed by atoms with E-state index in [2.05, 4.69) is 30.3 Å². The Hall–Kier alpha value is -3.91. The highest BCUT2D eigenvalue weighted by atomic mass is 16.3. The Kier molecular flexibility index (Phi) is 5.35. The van der Waals surface area contributed by atoms with Gasteiger partial charge in [-0.3, -0.25) is 4.79 Å². The molecular formula is C27H20O2. The van der Waals surface area contributed by atoms with Crippen molar-refractivity contribution in [2.75, 3.05) is 0 Å². The lowest BCUT2D eigenvalue weighted by molar-refractivity contribution is 0.103. The highest BCUT2D eigenvalue weighted by molar-refractivity contribution is 6.10. The second kappa shape index (κ2) is 8.41. The third kappa shape index (κ3) is 4.17. The maximum atomic E-state index is 12.7. The van der Waals surface area contributed by atoms with Crippen LogP contribution in [-0.2, 0) is 0 Å². The van der Waals surface area contributed by atoms with E-state index in [4.69, 9.17) is 0 Å². The van der Waals surface area contributed by atoms with Gasteiger partial charge in [0.2, 0.25) is 0 Å². The predicted octanol–water partition coefficient (Wildman–Crippen LogP) is 6.21. The van der Waals surface area contributed by atoms with Gasteiger partial charge in [-0.1, -0.05) is 97.1 Å². The Labute approximate surface area is 170 Å². The molecule has 0 radical (unpaired) electrons. The van der Waals surface area contributed by atoms with E-state index < -0.39 is 0 Å². The first kappa shape index (κ1) is 18.5. The molecule has 0 aliphatic rings. The number of phenolic OH excluding ortho intramolecular Hbond substituents is 1. The van der Waals surface area contributed by atoms with Crippen molar-refractivity contribution in [1.29, 1.82) is 0 Å². The molecule has 0 atom stereocenters. The number of phenols is 1. The highest BCUT2D eigenvalue weighted by Crippen LogP contribution is 2.26. The fraction of sp³-hybridized carbons (Fsp3) is 0. The molecule has 0 spiro atoms. The second-order valence-electron chi connectivity index (χ2n) is 6.76. The van der Waals surface area contributed by atoms with Crippen LogP contribution in [0.4, 0.5) is 0 Å². The summed E-state index contributed by atoms with van der Waals surface area (Å²) in [5, 5.41) is 9.94. The van der Waals surface area contributed by atoms with Crippen molar-refractivity contribution in [3.05, 3.63) is 137 Å². The van der Waals surface area contributed by atoms with Gasteiger partial charge in [-0.2, -0.15) is 0 Å². The lowest BCUT2D eigenvalue weighted by Crippen LogP contribution is -2.01. The molecule has 4 aromatic rings. The number of para-hydroxylation sites is 1. The van der Waals surface area contributed by atoms with Crippen LogP contribution in [0.25, 0.3) is 11.6 Å². The van der Waals surface area contributed by atoms with Crippen molar-refractivity contribution >= 4 is 17.4 Å².